The lowest BCUT2D eigenvalue weighted by Crippen LogP contribution is -2.16. The van der Waals surface area contributed by atoms with E-state index < -0.39 is 10.0 Å². The summed E-state index contributed by atoms with van der Waals surface area (Å²) in [7, 11) is -3.32. The van der Waals surface area contributed by atoms with Crippen LogP contribution < -0.4 is 10.0 Å². The number of hydrogen-bond acceptors (Lipinski definition) is 6. The number of aromatic nitrogens is 1. The number of amides is 1. The van der Waals surface area contributed by atoms with Crippen LogP contribution in [-0.4, -0.2) is 25.1 Å². The van der Waals surface area contributed by atoms with Gasteiger partial charge in [-0.3, -0.25) is 9.52 Å². The highest BCUT2D eigenvalue weighted by Crippen LogP contribution is 2.28. The maximum atomic E-state index is 12.2. The van der Waals surface area contributed by atoms with E-state index in [4.69, 9.17) is 0 Å². The largest absolute Gasteiger partial charge is 0.326 e. The minimum absolute atomic E-state index is 0.0760. The predicted octanol–water partition coefficient (Wildman–Crippen LogP) is 4.20. The van der Waals surface area contributed by atoms with Gasteiger partial charge in [0.05, 0.1) is 22.7 Å². The maximum Gasteiger partial charge on any atom is 0.232 e. The van der Waals surface area contributed by atoms with Gasteiger partial charge in [0.25, 0.3) is 0 Å². The molecule has 2 heterocycles. The molecule has 0 atom stereocenters. The van der Waals surface area contributed by atoms with Gasteiger partial charge in [-0.1, -0.05) is 13.0 Å². The molecular formula is C18H19N3O3S3. The number of carbonyl (C=O) groups is 1. The van der Waals surface area contributed by atoms with Gasteiger partial charge in [-0.25, -0.2) is 13.4 Å². The Morgan fingerprint density at radius 2 is 1.85 bits per heavy atom. The molecule has 1 amide bonds. The average Bonchev–Trinajstić information content (AvgIpc) is 3.27. The molecular weight excluding hydrogens is 402 g/mol. The molecule has 2 N–H and O–H groups in total. The predicted molar refractivity (Wildman–Crippen MR) is 112 cm³/mol. The van der Waals surface area contributed by atoms with Crippen LogP contribution in [0.2, 0.25) is 0 Å². The zero-order chi connectivity index (χ0) is 19.3. The molecule has 0 aliphatic heterocycles. The summed E-state index contributed by atoms with van der Waals surface area (Å²) >= 11 is 3.14. The van der Waals surface area contributed by atoms with Gasteiger partial charge in [0, 0.05) is 16.8 Å². The van der Waals surface area contributed by atoms with Crippen molar-refractivity contribution in [2.45, 2.75) is 19.8 Å². The SMILES string of the molecule is CCCS(=O)(=O)Nc1ccc(NC(=O)Cc2csc(-c3cccs3)n2)cc1. The summed E-state index contributed by atoms with van der Waals surface area (Å²) in [4.78, 5) is 17.8. The topological polar surface area (TPSA) is 88.2 Å². The van der Waals surface area contributed by atoms with Crippen molar-refractivity contribution in [3.63, 3.8) is 0 Å². The molecule has 0 spiro atoms. The first kappa shape index (κ1) is 19.5. The molecule has 2 aromatic heterocycles. The molecule has 6 nitrogen and oxygen atoms in total. The van der Waals surface area contributed by atoms with Gasteiger partial charge in [-0.2, -0.15) is 0 Å². The minimum Gasteiger partial charge on any atom is -0.326 e. The van der Waals surface area contributed by atoms with Crippen molar-refractivity contribution in [1.29, 1.82) is 0 Å². The lowest BCUT2D eigenvalue weighted by molar-refractivity contribution is -0.115. The summed E-state index contributed by atoms with van der Waals surface area (Å²) in [6, 6.07) is 10.6. The van der Waals surface area contributed by atoms with Crippen molar-refractivity contribution in [3.05, 3.63) is 52.9 Å². The maximum absolute atomic E-state index is 12.2. The standard InChI is InChI=1S/C18H19N3O3S3/c1-2-10-27(23,24)21-14-7-5-13(6-8-14)19-17(22)11-15-12-26-18(20-15)16-4-3-9-25-16/h3-9,12,21H,2,10-11H2,1H3,(H,19,22). The fourth-order valence-electron chi connectivity index (χ4n) is 2.39. The summed E-state index contributed by atoms with van der Waals surface area (Å²) < 4.78 is 26.0. The van der Waals surface area contributed by atoms with Crippen LogP contribution in [0, 0.1) is 0 Å². The van der Waals surface area contributed by atoms with Crippen molar-refractivity contribution in [2.75, 3.05) is 15.8 Å². The molecule has 27 heavy (non-hydrogen) atoms. The molecule has 9 heteroatoms. The fraction of sp³-hybridized carbons (Fsp3) is 0.222. The van der Waals surface area contributed by atoms with E-state index >= 15 is 0 Å². The zero-order valence-electron chi connectivity index (χ0n) is 14.6. The molecule has 0 fully saturated rings. The first-order chi connectivity index (χ1) is 12.9. The van der Waals surface area contributed by atoms with Crippen LogP contribution in [0.1, 0.15) is 19.0 Å². The van der Waals surface area contributed by atoms with Crippen LogP contribution in [0.5, 0.6) is 0 Å². The van der Waals surface area contributed by atoms with Crippen molar-refractivity contribution in [2.24, 2.45) is 0 Å². The Hall–Kier alpha value is -2.23. The summed E-state index contributed by atoms with van der Waals surface area (Å²) in [6.07, 6.45) is 0.737. The second-order valence-electron chi connectivity index (χ2n) is 5.84. The van der Waals surface area contributed by atoms with Gasteiger partial charge >= 0.3 is 0 Å². The summed E-state index contributed by atoms with van der Waals surface area (Å²) in [5.74, 6) is -0.0931. The van der Waals surface area contributed by atoms with Crippen LogP contribution in [-0.2, 0) is 21.2 Å². The van der Waals surface area contributed by atoms with Crippen molar-refractivity contribution < 1.29 is 13.2 Å². The van der Waals surface area contributed by atoms with Crippen LogP contribution in [0.3, 0.4) is 0 Å². The molecule has 0 aliphatic carbocycles. The number of rotatable bonds is 8. The Bertz CT molecular complexity index is 994. The average molecular weight is 422 g/mol. The highest BCUT2D eigenvalue weighted by Gasteiger charge is 2.11. The molecule has 0 saturated carbocycles. The van der Waals surface area contributed by atoms with Gasteiger partial charge in [-0.15, -0.1) is 22.7 Å². The minimum atomic E-state index is -3.32. The number of sulfonamides is 1. The molecule has 0 aliphatic rings. The second kappa shape index (κ2) is 8.64. The van der Waals surface area contributed by atoms with E-state index in [1.54, 1.807) is 35.6 Å². The molecule has 0 radical (unpaired) electrons. The monoisotopic (exact) mass is 421 g/mol. The van der Waals surface area contributed by atoms with Gasteiger partial charge in [0.15, 0.2) is 0 Å². The molecule has 3 aromatic rings. The number of thiophene rings is 1. The summed E-state index contributed by atoms with van der Waals surface area (Å²) in [5, 5.41) is 7.60. The number of thiazole rings is 1. The lowest BCUT2D eigenvalue weighted by Gasteiger charge is -2.08. The number of benzene rings is 1. The van der Waals surface area contributed by atoms with Gasteiger partial charge in [0.1, 0.15) is 5.01 Å². The fourth-order valence-corrected chi connectivity index (χ4v) is 5.16. The molecule has 0 saturated heterocycles. The molecule has 142 valence electrons. The second-order valence-corrected chi connectivity index (χ2v) is 9.49. The first-order valence-corrected chi connectivity index (χ1v) is 11.7. The van der Waals surface area contributed by atoms with Gasteiger partial charge < -0.3 is 5.32 Å². The van der Waals surface area contributed by atoms with E-state index in [-0.39, 0.29) is 18.1 Å². The number of anilines is 2. The Kier molecular flexibility index (Phi) is 6.25. The van der Waals surface area contributed by atoms with Gasteiger partial charge in [-0.05, 0) is 42.1 Å². The Balaban J connectivity index is 1.56. The van der Waals surface area contributed by atoms with Crippen LogP contribution in [0.25, 0.3) is 9.88 Å². The highest BCUT2D eigenvalue weighted by molar-refractivity contribution is 7.92. The van der Waals surface area contributed by atoms with Crippen molar-refractivity contribution >= 4 is 50.0 Å². The first-order valence-electron chi connectivity index (χ1n) is 8.34. The third kappa shape index (κ3) is 5.62. The number of nitrogens with one attached hydrogen (secondary N) is 2. The Morgan fingerprint density at radius 3 is 2.52 bits per heavy atom. The van der Waals surface area contributed by atoms with Crippen molar-refractivity contribution in [1.82, 2.24) is 4.98 Å². The molecule has 1 aromatic carbocycles. The lowest BCUT2D eigenvalue weighted by atomic mass is 10.2. The highest BCUT2D eigenvalue weighted by atomic mass is 32.2. The zero-order valence-corrected chi connectivity index (χ0v) is 17.1. The van der Waals surface area contributed by atoms with Crippen LogP contribution in [0.4, 0.5) is 11.4 Å². The summed E-state index contributed by atoms with van der Waals surface area (Å²) in [5.41, 5.74) is 1.80. The number of nitrogens with zero attached hydrogens (tertiary/aromatic N) is 1. The number of hydrogen-bond donors (Lipinski definition) is 2. The third-order valence-corrected chi connectivity index (χ3v) is 6.96. The van der Waals surface area contributed by atoms with E-state index in [0.717, 1.165) is 15.6 Å². The van der Waals surface area contributed by atoms with Crippen molar-refractivity contribution in [3.8, 4) is 9.88 Å². The summed E-state index contributed by atoms with van der Waals surface area (Å²) in [6.45, 7) is 1.81. The molecule has 0 unspecified atom stereocenters. The smallest absolute Gasteiger partial charge is 0.232 e. The van der Waals surface area contributed by atoms with E-state index in [9.17, 15) is 13.2 Å². The molecule has 0 bridgehead atoms. The van der Waals surface area contributed by atoms with Crippen LogP contribution >= 0.6 is 22.7 Å². The Labute approximate surface area is 166 Å². The van der Waals surface area contributed by atoms with Crippen LogP contribution in [0.15, 0.2) is 47.2 Å². The van der Waals surface area contributed by atoms with Gasteiger partial charge in [0.2, 0.25) is 15.9 Å². The quantitative estimate of drug-likeness (QED) is 0.570. The van der Waals surface area contributed by atoms with E-state index in [2.05, 4.69) is 15.0 Å². The third-order valence-electron chi connectivity index (χ3n) is 3.54. The normalized spacial score (nSPS) is 11.3. The van der Waals surface area contributed by atoms with E-state index in [1.165, 1.54) is 11.3 Å². The number of carbonyl (C=O) groups excluding carboxylic acids is 1. The Morgan fingerprint density at radius 1 is 1.11 bits per heavy atom. The molecule has 3 rings (SSSR count). The van der Waals surface area contributed by atoms with E-state index in [0.29, 0.717) is 17.8 Å². The van der Waals surface area contributed by atoms with E-state index in [1.807, 2.05) is 29.8 Å².